The van der Waals surface area contributed by atoms with Crippen LogP contribution in [0.5, 0.6) is 0 Å². The van der Waals surface area contributed by atoms with Gasteiger partial charge in [-0.25, -0.2) is 9.37 Å². The van der Waals surface area contributed by atoms with Gasteiger partial charge in [-0.1, -0.05) is 12.1 Å². The number of nitrogens with two attached hydrogens (primary N) is 1. The predicted octanol–water partition coefficient (Wildman–Crippen LogP) is 3.36. The van der Waals surface area contributed by atoms with E-state index in [1.54, 1.807) is 6.07 Å². The Morgan fingerprint density at radius 1 is 1.16 bits per heavy atom. The largest absolute Gasteiger partial charge is 0.369 e. The van der Waals surface area contributed by atoms with Crippen LogP contribution in [0, 0.1) is 19.7 Å². The molecule has 0 saturated heterocycles. The molecule has 0 atom stereocenters. The number of fused-ring (bicyclic) bond motifs is 1. The normalized spacial score (nSPS) is 11.1. The van der Waals surface area contributed by atoms with E-state index in [1.807, 2.05) is 36.6 Å². The quantitative estimate of drug-likeness (QED) is 0.724. The van der Waals surface area contributed by atoms with Crippen LogP contribution in [-0.2, 0) is 0 Å². The molecule has 2 N–H and O–H groups in total. The fourth-order valence-corrected chi connectivity index (χ4v) is 2.30. The minimum absolute atomic E-state index is 0.307. The van der Waals surface area contributed by atoms with Gasteiger partial charge >= 0.3 is 0 Å². The molecule has 0 radical (unpaired) electrons. The molecule has 0 unspecified atom stereocenters. The van der Waals surface area contributed by atoms with Crippen LogP contribution in [0.4, 0.5) is 10.3 Å². The van der Waals surface area contributed by atoms with Crippen molar-refractivity contribution in [3.05, 3.63) is 53.3 Å². The topological polar surface area (TPSA) is 43.8 Å². The Bertz CT molecular complexity index is 774. The highest BCUT2D eigenvalue weighted by Crippen LogP contribution is 2.26. The molecule has 0 bridgehead atoms. The van der Waals surface area contributed by atoms with E-state index >= 15 is 0 Å². The second-order valence-corrected chi connectivity index (χ2v) is 4.66. The van der Waals surface area contributed by atoms with Crippen LogP contribution in [0.2, 0.25) is 0 Å². The summed E-state index contributed by atoms with van der Waals surface area (Å²) in [5, 5.41) is 0. The van der Waals surface area contributed by atoms with E-state index in [0.717, 1.165) is 16.8 Å². The molecule has 2 aromatic carbocycles. The Hall–Kier alpha value is -2.36. The molecule has 0 fully saturated rings. The average molecular weight is 255 g/mol. The number of hydrogen-bond donors (Lipinski definition) is 1. The van der Waals surface area contributed by atoms with Crippen molar-refractivity contribution in [2.75, 3.05) is 5.73 Å². The first-order valence-electron chi connectivity index (χ1n) is 6.08. The Morgan fingerprint density at radius 3 is 2.74 bits per heavy atom. The highest BCUT2D eigenvalue weighted by atomic mass is 19.1. The van der Waals surface area contributed by atoms with E-state index in [-0.39, 0.29) is 5.82 Å². The molecule has 1 aromatic heterocycles. The van der Waals surface area contributed by atoms with Gasteiger partial charge < -0.3 is 5.73 Å². The van der Waals surface area contributed by atoms with Gasteiger partial charge in [0.05, 0.1) is 16.7 Å². The molecule has 19 heavy (non-hydrogen) atoms. The minimum atomic E-state index is -0.307. The van der Waals surface area contributed by atoms with E-state index in [0.29, 0.717) is 11.5 Å². The molecule has 4 heteroatoms. The molecular formula is C15H14FN3. The Balaban J connectivity index is 2.36. The van der Waals surface area contributed by atoms with Gasteiger partial charge in [-0.3, -0.25) is 4.57 Å². The molecule has 3 rings (SSSR count). The molecule has 0 aliphatic carbocycles. The second kappa shape index (κ2) is 4.09. The van der Waals surface area contributed by atoms with Crippen molar-refractivity contribution in [3.63, 3.8) is 0 Å². The first-order valence-corrected chi connectivity index (χ1v) is 6.08. The lowest BCUT2D eigenvalue weighted by Crippen LogP contribution is -2.03. The summed E-state index contributed by atoms with van der Waals surface area (Å²) in [4.78, 5) is 4.22. The zero-order valence-electron chi connectivity index (χ0n) is 10.8. The maximum atomic E-state index is 13.2. The van der Waals surface area contributed by atoms with Crippen LogP contribution < -0.4 is 5.73 Å². The van der Waals surface area contributed by atoms with Crippen molar-refractivity contribution < 1.29 is 4.39 Å². The molecule has 0 amide bonds. The first kappa shape index (κ1) is 11.7. The molecular weight excluding hydrogens is 241 g/mol. The fraction of sp³-hybridized carbons (Fsp3) is 0.133. The lowest BCUT2D eigenvalue weighted by atomic mass is 10.1. The molecule has 96 valence electrons. The van der Waals surface area contributed by atoms with Gasteiger partial charge in [0.2, 0.25) is 5.95 Å². The molecule has 3 aromatic rings. The summed E-state index contributed by atoms with van der Waals surface area (Å²) < 4.78 is 15.1. The zero-order chi connectivity index (χ0) is 13.6. The van der Waals surface area contributed by atoms with Crippen LogP contribution in [0.25, 0.3) is 16.7 Å². The third-order valence-corrected chi connectivity index (χ3v) is 3.46. The van der Waals surface area contributed by atoms with Gasteiger partial charge in [-0.2, -0.15) is 0 Å². The van der Waals surface area contributed by atoms with Gasteiger partial charge in [0.1, 0.15) is 5.82 Å². The second-order valence-electron chi connectivity index (χ2n) is 4.66. The van der Waals surface area contributed by atoms with Gasteiger partial charge in [0.15, 0.2) is 0 Å². The number of anilines is 1. The van der Waals surface area contributed by atoms with Crippen molar-refractivity contribution >= 4 is 17.0 Å². The average Bonchev–Trinajstić information content (AvgIpc) is 2.68. The third-order valence-electron chi connectivity index (χ3n) is 3.46. The maximum Gasteiger partial charge on any atom is 0.205 e. The van der Waals surface area contributed by atoms with Crippen molar-refractivity contribution in [3.8, 4) is 5.69 Å². The zero-order valence-corrected chi connectivity index (χ0v) is 10.8. The number of aryl methyl sites for hydroxylation is 1. The standard InChI is InChI=1S/C15H14FN3/c1-9-4-3-5-13(10(9)2)19-14-7-6-11(16)8-12(14)18-15(19)17/h3-8H,1-2H3,(H2,17,18). The molecule has 0 aliphatic heterocycles. The fourth-order valence-electron chi connectivity index (χ4n) is 2.30. The summed E-state index contributed by atoms with van der Waals surface area (Å²) in [7, 11) is 0. The smallest absolute Gasteiger partial charge is 0.205 e. The molecule has 3 nitrogen and oxygen atoms in total. The highest BCUT2D eigenvalue weighted by molar-refractivity contribution is 5.81. The third kappa shape index (κ3) is 1.76. The summed E-state index contributed by atoms with van der Waals surface area (Å²) in [6.07, 6.45) is 0. The van der Waals surface area contributed by atoms with Gasteiger partial charge in [0, 0.05) is 6.07 Å². The number of nitrogens with zero attached hydrogens (tertiary/aromatic N) is 2. The number of nitrogen functional groups attached to an aromatic ring is 1. The number of rotatable bonds is 1. The van der Waals surface area contributed by atoms with E-state index in [9.17, 15) is 4.39 Å². The summed E-state index contributed by atoms with van der Waals surface area (Å²) in [5.41, 5.74) is 10.7. The Labute approximate surface area is 110 Å². The summed E-state index contributed by atoms with van der Waals surface area (Å²) in [6, 6.07) is 10.5. The van der Waals surface area contributed by atoms with E-state index < -0.39 is 0 Å². The number of halogens is 1. The molecule has 0 aliphatic rings. The molecule has 1 heterocycles. The van der Waals surface area contributed by atoms with Crippen LogP contribution in [0.3, 0.4) is 0 Å². The predicted molar refractivity (Wildman–Crippen MR) is 74.9 cm³/mol. The Morgan fingerprint density at radius 2 is 1.95 bits per heavy atom. The minimum Gasteiger partial charge on any atom is -0.369 e. The molecule has 0 spiro atoms. The molecule has 0 saturated carbocycles. The number of aromatic nitrogens is 2. The Kier molecular flexibility index (Phi) is 2.52. The van der Waals surface area contributed by atoms with E-state index in [1.165, 1.54) is 17.7 Å². The number of benzene rings is 2. The summed E-state index contributed by atoms with van der Waals surface area (Å²) in [5.74, 6) is 0.0624. The van der Waals surface area contributed by atoms with Gasteiger partial charge in [-0.15, -0.1) is 0 Å². The van der Waals surface area contributed by atoms with Gasteiger partial charge in [-0.05, 0) is 43.2 Å². The van der Waals surface area contributed by atoms with E-state index in [4.69, 9.17) is 5.73 Å². The van der Waals surface area contributed by atoms with Crippen LogP contribution in [-0.4, -0.2) is 9.55 Å². The lowest BCUT2D eigenvalue weighted by Gasteiger charge is -2.11. The van der Waals surface area contributed by atoms with E-state index in [2.05, 4.69) is 4.98 Å². The SMILES string of the molecule is Cc1cccc(-n2c(N)nc3cc(F)ccc32)c1C. The van der Waals surface area contributed by atoms with Crippen molar-refractivity contribution in [1.29, 1.82) is 0 Å². The summed E-state index contributed by atoms with van der Waals surface area (Å²) >= 11 is 0. The van der Waals surface area contributed by atoms with Crippen LogP contribution >= 0.6 is 0 Å². The van der Waals surface area contributed by atoms with Crippen molar-refractivity contribution in [2.24, 2.45) is 0 Å². The number of hydrogen-bond acceptors (Lipinski definition) is 2. The van der Waals surface area contributed by atoms with Crippen molar-refractivity contribution in [2.45, 2.75) is 13.8 Å². The van der Waals surface area contributed by atoms with Gasteiger partial charge in [0.25, 0.3) is 0 Å². The first-order chi connectivity index (χ1) is 9.08. The highest BCUT2D eigenvalue weighted by Gasteiger charge is 2.12. The number of imidazole rings is 1. The lowest BCUT2D eigenvalue weighted by molar-refractivity contribution is 0.629. The van der Waals surface area contributed by atoms with Crippen LogP contribution in [0.15, 0.2) is 36.4 Å². The maximum absolute atomic E-state index is 13.2. The van der Waals surface area contributed by atoms with Crippen molar-refractivity contribution in [1.82, 2.24) is 9.55 Å². The van der Waals surface area contributed by atoms with Crippen LogP contribution in [0.1, 0.15) is 11.1 Å². The summed E-state index contributed by atoms with van der Waals surface area (Å²) in [6.45, 7) is 4.09. The monoisotopic (exact) mass is 255 g/mol.